The van der Waals surface area contributed by atoms with E-state index < -0.39 is 7.60 Å². The van der Waals surface area contributed by atoms with Crippen LogP contribution in [-0.2, 0) is 9.09 Å². The summed E-state index contributed by atoms with van der Waals surface area (Å²) in [4.78, 5) is 9.83. The summed E-state index contributed by atoms with van der Waals surface area (Å²) >= 11 is 0. The normalized spacial score (nSPS) is 16.4. The molecule has 1 aliphatic rings. The largest absolute Gasteiger partial charge is 0.494 e. The highest BCUT2D eigenvalue weighted by Gasteiger charge is 2.32. The smallest absolute Gasteiger partial charge is 0.360 e. The first-order valence-electron chi connectivity index (χ1n) is 5.22. The highest BCUT2D eigenvalue weighted by atomic mass is 31.2. The Bertz CT molecular complexity index is 546. The van der Waals surface area contributed by atoms with Crippen LogP contribution in [0.15, 0.2) is 24.4 Å². The third-order valence-electron chi connectivity index (χ3n) is 2.61. The number of ether oxygens (including phenoxy) is 1. The topological polar surface area (TPSA) is 105 Å². The first kappa shape index (κ1) is 15.5. The van der Waals surface area contributed by atoms with E-state index in [2.05, 4.69) is 9.95 Å². The average Bonchev–Trinajstić information content (AvgIpc) is 2.37. The third-order valence-corrected chi connectivity index (χ3v) is 4.07. The second-order valence-electron chi connectivity index (χ2n) is 3.75. The Morgan fingerprint density at radius 1 is 1.37 bits per heavy atom. The van der Waals surface area contributed by atoms with Crippen molar-refractivity contribution < 1.29 is 24.2 Å². The summed E-state index contributed by atoms with van der Waals surface area (Å²) in [6.07, 6.45) is 1.48. The Hall–Kier alpha value is -1.53. The minimum Gasteiger partial charge on any atom is -0.494 e. The van der Waals surface area contributed by atoms with Gasteiger partial charge in [0.2, 0.25) is 0 Å². The van der Waals surface area contributed by atoms with E-state index in [0.29, 0.717) is 17.0 Å². The van der Waals surface area contributed by atoms with Crippen LogP contribution in [0.4, 0.5) is 5.69 Å². The molecule has 1 aliphatic heterocycles. The van der Waals surface area contributed by atoms with Gasteiger partial charge >= 0.3 is 7.60 Å². The lowest BCUT2D eigenvalue weighted by atomic mass is 10.1. The minimum atomic E-state index is -3.84. The van der Waals surface area contributed by atoms with Gasteiger partial charge in [0.05, 0.1) is 12.4 Å². The molecule has 19 heavy (non-hydrogen) atoms. The fourth-order valence-corrected chi connectivity index (χ4v) is 2.75. The number of benzene rings is 1. The first-order valence-corrected chi connectivity index (χ1v) is 6.80. The standard InChI is InChI=1S/C11H14N2O4P.H2O/c1-13-7-10(18(14,15)17-3)8-5-4-6-9(16-2)11(8)12-13;/h4-7H,1-3H3,(H,14,15);1H2. The summed E-state index contributed by atoms with van der Waals surface area (Å²) in [6.45, 7) is 0. The van der Waals surface area contributed by atoms with Gasteiger partial charge < -0.3 is 19.6 Å². The molecule has 1 radical (unpaired) electrons. The van der Waals surface area contributed by atoms with E-state index in [9.17, 15) is 9.46 Å². The Morgan fingerprint density at radius 3 is 2.63 bits per heavy atom. The second-order valence-corrected chi connectivity index (χ2v) is 5.64. The molecule has 0 saturated heterocycles. The van der Waals surface area contributed by atoms with Crippen LogP contribution < -0.4 is 10.2 Å². The lowest BCUT2D eigenvalue weighted by molar-refractivity contribution is 0.324. The quantitative estimate of drug-likeness (QED) is 0.838. The number of nitrogens with zero attached hydrogens (tertiary/aromatic N) is 2. The molecule has 1 atom stereocenters. The third kappa shape index (κ3) is 2.74. The lowest BCUT2D eigenvalue weighted by Crippen LogP contribution is -2.23. The Labute approximate surface area is 111 Å². The van der Waals surface area contributed by atoms with Gasteiger partial charge in [0.15, 0.2) is 0 Å². The number of hydrogen-bond acceptors (Lipinski definition) is 4. The molecule has 7 nitrogen and oxygen atoms in total. The van der Waals surface area contributed by atoms with Gasteiger partial charge in [0.1, 0.15) is 11.4 Å². The maximum Gasteiger partial charge on any atom is 0.360 e. The van der Waals surface area contributed by atoms with Crippen molar-refractivity contribution in [3.8, 4) is 5.75 Å². The Kier molecular flexibility index (Phi) is 4.60. The molecule has 0 spiro atoms. The highest BCUT2D eigenvalue weighted by Crippen LogP contribution is 2.58. The van der Waals surface area contributed by atoms with Gasteiger partial charge in [-0.2, -0.15) is 5.43 Å². The molecule has 3 N–H and O–H groups in total. The maximum absolute atomic E-state index is 12.0. The van der Waals surface area contributed by atoms with Crippen LogP contribution >= 0.6 is 7.60 Å². The molecule has 0 aromatic heterocycles. The summed E-state index contributed by atoms with van der Waals surface area (Å²) in [7, 11) is 0.554. The van der Waals surface area contributed by atoms with Crippen LogP contribution in [0.5, 0.6) is 5.75 Å². The van der Waals surface area contributed by atoms with Crippen LogP contribution in [0.3, 0.4) is 0 Å². The molecule has 1 unspecified atom stereocenters. The van der Waals surface area contributed by atoms with Gasteiger partial charge in [0.25, 0.3) is 0 Å². The van der Waals surface area contributed by atoms with E-state index >= 15 is 0 Å². The van der Waals surface area contributed by atoms with Gasteiger partial charge in [-0.05, 0) is 6.07 Å². The van der Waals surface area contributed by atoms with Crippen LogP contribution in [0, 0.1) is 0 Å². The summed E-state index contributed by atoms with van der Waals surface area (Å²) in [6, 6.07) is 5.19. The van der Waals surface area contributed by atoms with Crippen LogP contribution in [-0.4, -0.2) is 36.6 Å². The zero-order chi connectivity index (χ0) is 13.3. The maximum atomic E-state index is 12.0. The fraction of sp³-hybridized carbons (Fsp3) is 0.273. The van der Waals surface area contributed by atoms with Crippen molar-refractivity contribution in [3.63, 3.8) is 0 Å². The predicted octanol–water partition coefficient (Wildman–Crippen LogP) is 1.10. The molecule has 1 heterocycles. The second kappa shape index (κ2) is 5.63. The minimum absolute atomic E-state index is 0. The van der Waals surface area contributed by atoms with E-state index in [1.165, 1.54) is 25.4 Å². The predicted molar refractivity (Wildman–Crippen MR) is 71.0 cm³/mol. The van der Waals surface area contributed by atoms with Gasteiger partial charge in [-0.1, -0.05) is 12.1 Å². The summed E-state index contributed by atoms with van der Waals surface area (Å²) in [5.74, 6) is 0.543. The number of methoxy groups -OCH3 is 1. The molecular formula is C11H16N2O5P. The SMILES string of the molecule is COc1cccc2c1[N]N(C)C=C2P(=O)(O)OC.O. The number of rotatable bonds is 3. The summed E-state index contributed by atoms with van der Waals surface area (Å²) < 4.78 is 21.9. The molecule has 0 bridgehead atoms. The molecule has 105 valence electrons. The molecule has 0 amide bonds. The molecule has 8 heteroatoms. The van der Waals surface area contributed by atoms with Crippen molar-refractivity contribution in [2.24, 2.45) is 0 Å². The van der Waals surface area contributed by atoms with Crippen LogP contribution in [0.1, 0.15) is 5.56 Å². The molecular weight excluding hydrogens is 271 g/mol. The number of fused-ring (bicyclic) bond motifs is 1. The van der Waals surface area contributed by atoms with E-state index in [1.54, 1.807) is 25.2 Å². The molecule has 0 fully saturated rings. The van der Waals surface area contributed by atoms with E-state index in [-0.39, 0.29) is 10.8 Å². The summed E-state index contributed by atoms with van der Waals surface area (Å²) in [5.41, 5.74) is 5.32. The van der Waals surface area contributed by atoms with Crippen molar-refractivity contribution in [3.05, 3.63) is 30.0 Å². The molecule has 1 aromatic carbocycles. The van der Waals surface area contributed by atoms with Crippen molar-refractivity contribution in [1.29, 1.82) is 0 Å². The van der Waals surface area contributed by atoms with E-state index in [0.717, 1.165) is 0 Å². The Morgan fingerprint density at radius 2 is 2.05 bits per heavy atom. The van der Waals surface area contributed by atoms with Gasteiger partial charge in [-0.25, -0.2) is 0 Å². The van der Waals surface area contributed by atoms with Gasteiger partial charge in [0, 0.05) is 25.9 Å². The van der Waals surface area contributed by atoms with Crippen LogP contribution in [0.2, 0.25) is 0 Å². The lowest BCUT2D eigenvalue weighted by Gasteiger charge is -2.26. The average molecular weight is 287 g/mol. The Balaban J connectivity index is 0.00000180. The van der Waals surface area contributed by atoms with Crippen molar-refractivity contribution >= 4 is 18.6 Å². The summed E-state index contributed by atoms with van der Waals surface area (Å²) in [5, 5.41) is 1.67. The highest BCUT2D eigenvalue weighted by molar-refractivity contribution is 7.64. The molecule has 1 aromatic rings. The monoisotopic (exact) mass is 287 g/mol. The molecule has 2 rings (SSSR count). The molecule has 0 saturated carbocycles. The zero-order valence-electron chi connectivity index (χ0n) is 10.8. The van der Waals surface area contributed by atoms with Gasteiger partial charge in [-0.15, -0.1) is 0 Å². The van der Waals surface area contributed by atoms with E-state index in [4.69, 9.17) is 4.74 Å². The zero-order valence-corrected chi connectivity index (χ0v) is 11.7. The van der Waals surface area contributed by atoms with Gasteiger partial charge in [-0.3, -0.25) is 9.57 Å². The van der Waals surface area contributed by atoms with Crippen molar-refractivity contribution in [2.45, 2.75) is 0 Å². The fourth-order valence-electron chi connectivity index (χ4n) is 1.75. The molecule has 0 aliphatic carbocycles. The van der Waals surface area contributed by atoms with Crippen molar-refractivity contribution in [2.75, 3.05) is 21.3 Å². The van der Waals surface area contributed by atoms with Crippen molar-refractivity contribution in [1.82, 2.24) is 10.4 Å². The number of hydrogen-bond donors (Lipinski definition) is 1. The van der Waals surface area contributed by atoms with E-state index in [1.807, 2.05) is 0 Å². The first-order chi connectivity index (χ1) is 8.49. The van der Waals surface area contributed by atoms with Crippen LogP contribution in [0.25, 0.3) is 5.31 Å².